The second-order valence-electron chi connectivity index (χ2n) is 4.35. The molecule has 0 unspecified atom stereocenters. The van der Waals surface area contributed by atoms with Crippen LogP contribution in [0.1, 0.15) is 53.4 Å². The molecule has 2 heteroatoms. The van der Waals surface area contributed by atoms with Crippen molar-refractivity contribution in [1.82, 2.24) is 5.32 Å². The summed E-state index contributed by atoms with van der Waals surface area (Å²) in [6.07, 6.45) is 4.80. The van der Waals surface area contributed by atoms with Crippen molar-refractivity contribution in [3.05, 3.63) is 0 Å². The Morgan fingerprint density at radius 1 is 1.00 bits per heavy atom. The van der Waals surface area contributed by atoms with Crippen LogP contribution in [0.4, 0.5) is 0 Å². The van der Waals surface area contributed by atoms with E-state index in [2.05, 4.69) is 33.0 Å². The molecule has 0 aliphatic carbocycles. The molecule has 92 valence electrons. The van der Waals surface area contributed by atoms with Crippen LogP contribution >= 0.6 is 0 Å². The van der Waals surface area contributed by atoms with Crippen molar-refractivity contribution in [3.63, 3.8) is 0 Å². The Bertz CT molecular complexity index is 132. The average molecular weight is 215 g/mol. The van der Waals surface area contributed by atoms with Gasteiger partial charge in [0.25, 0.3) is 0 Å². The Kier molecular flexibility index (Phi) is 9.12. The molecule has 0 saturated carbocycles. The second-order valence-corrected chi connectivity index (χ2v) is 4.35. The van der Waals surface area contributed by atoms with Crippen molar-refractivity contribution in [2.75, 3.05) is 26.3 Å². The standard InChI is InChI=1S/C13H29NO/c1-5-10-15-11-9-13(6-2,7-3)12-14-8-4/h14H,5-12H2,1-4H3. The molecule has 0 fully saturated rings. The van der Waals surface area contributed by atoms with Crippen LogP contribution in [0.15, 0.2) is 0 Å². The zero-order valence-corrected chi connectivity index (χ0v) is 11.1. The molecule has 15 heavy (non-hydrogen) atoms. The van der Waals surface area contributed by atoms with Gasteiger partial charge in [0, 0.05) is 19.8 Å². The summed E-state index contributed by atoms with van der Waals surface area (Å²) in [5, 5.41) is 3.48. The highest BCUT2D eigenvalue weighted by Gasteiger charge is 2.24. The molecular formula is C13H29NO. The second kappa shape index (κ2) is 9.17. The maximum absolute atomic E-state index is 5.59. The highest BCUT2D eigenvalue weighted by Crippen LogP contribution is 2.29. The van der Waals surface area contributed by atoms with Gasteiger partial charge >= 0.3 is 0 Å². The van der Waals surface area contributed by atoms with Gasteiger partial charge < -0.3 is 10.1 Å². The van der Waals surface area contributed by atoms with E-state index in [1.165, 1.54) is 19.3 Å². The third kappa shape index (κ3) is 6.16. The first-order valence-electron chi connectivity index (χ1n) is 6.53. The minimum atomic E-state index is 0.448. The van der Waals surface area contributed by atoms with Gasteiger partial charge in [0.1, 0.15) is 0 Å². The SMILES string of the molecule is CCCOCCC(CC)(CC)CNCC. The summed E-state index contributed by atoms with van der Waals surface area (Å²) in [6.45, 7) is 12.9. The van der Waals surface area contributed by atoms with Gasteiger partial charge in [-0.05, 0) is 37.6 Å². The third-order valence-corrected chi connectivity index (χ3v) is 3.38. The van der Waals surface area contributed by atoms with Gasteiger partial charge in [-0.1, -0.05) is 27.7 Å². The zero-order valence-electron chi connectivity index (χ0n) is 11.1. The first-order valence-corrected chi connectivity index (χ1v) is 6.53. The highest BCUT2D eigenvalue weighted by atomic mass is 16.5. The van der Waals surface area contributed by atoms with Gasteiger partial charge in [-0.15, -0.1) is 0 Å². The van der Waals surface area contributed by atoms with Gasteiger partial charge in [0.2, 0.25) is 0 Å². The number of ether oxygens (including phenoxy) is 1. The van der Waals surface area contributed by atoms with Crippen LogP contribution in [0.3, 0.4) is 0 Å². The minimum Gasteiger partial charge on any atom is -0.381 e. The van der Waals surface area contributed by atoms with Crippen molar-refractivity contribution < 1.29 is 4.74 Å². The van der Waals surface area contributed by atoms with E-state index in [1.807, 2.05) is 0 Å². The molecule has 1 N–H and O–H groups in total. The quantitative estimate of drug-likeness (QED) is 0.565. The molecule has 0 radical (unpaired) electrons. The summed E-state index contributed by atoms with van der Waals surface area (Å²) >= 11 is 0. The molecule has 0 aromatic rings. The van der Waals surface area contributed by atoms with Crippen LogP contribution in [0, 0.1) is 5.41 Å². The Morgan fingerprint density at radius 3 is 2.13 bits per heavy atom. The van der Waals surface area contributed by atoms with Crippen LogP contribution in [0.5, 0.6) is 0 Å². The van der Waals surface area contributed by atoms with E-state index in [0.29, 0.717) is 5.41 Å². The topological polar surface area (TPSA) is 21.3 Å². The van der Waals surface area contributed by atoms with Crippen LogP contribution in [0.25, 0.3) is 0 Å². The normalized spacial score (nSPS) is 12.0. The Labute approximate surface area is 95.8 Å². The fourth-order valence-corrected chi connectivity index (χ4v) is 1.87. The molecule has 0 amide bonds. The first-order chi connectivity index (χ1) is 7.24. The summed E-state index contributed by atoms with van der Waals surface area (Å²) < 4.78 is 5.59. The van der Waals surface area contributed by atoms with E-state index in [0.717, 1.165) is 32.7 Å². The number of rotatable bonds is 10. The molecule has 0 aromatic heterocycles. The van der Waals surface area contributed by atoms with Crippen LogP contribution < -0.4 is 5.32 Å². The van der Waals surface area contributed by atoms with Crippen LogP contribution in [-0.4, -0.2) is 26.3 Å². The average Bonchev–Trinajstić information content (AvgIpc) is 2.29. The fourth-order valence-electron chi connectivity index (χ4n) is 1.87. The molecule has 0 aliphatic heterocycles. The van der Waals surface area contributed by atoms with E-state index >= 15 is 0 Å². The van der Waals surface area contributed by atoms with E-state index in [1.54, 1.807) is 0 Å². The minimum absolute atomic E-state index is 0.448. The lowest BCUT2D eigenvalue weighted by atomic mass is 9.79. The molecule has 0 rings (SSSR count). The van der Waals surface area contributed by atoms with Crippen molar-refractivity contribution >= 4 is 0 Å². The van der Waals surface area contributed by atoms with Gasteiger partial charge in [-0.25, -0.2) is 0 Å². The van der Waals surface area contributed by atoms with Crippen LogP contribution in [0.2, 0.25) is 0 Å². The molecule has 0 aromatic carbocycles. The van der Waals surface area contributed by atoms with E-state index < -0.39 is 0 Å². The van der Waals surface area contributed by atoms with Crippen molar-refractivity contribution in [1.29, 1.82) is 0 Å². The van der Waals surface area contributed by atoms with Crippen LogP contribution in [-0.2, 0) is 4.74 Å². The molecule has 0 spiro atoms. The van der Waals surface area contributed by atoms with Crippen molar-refractivity contribution in [2.45, 2.75) is 53.4 Å². The summed E-state index contributed by atoms with van der Waals surface area (Å²) in [6, 6.07) is 0. The lowest BCUT2D eigenvalue weighted by molar-refractivity contribution is 0.0885. The predicted octanol–water partition coefficient (Wildman–Crippen LogP) is 3.22. The molecule has 0 saturated heterocycles. The van der Waals surface area contributed by atoms with Gasteiger partial charge in [-0.3, -0.25) is 0 Å². The monoisotopic (exact) mass is 215 g/mol. The van der Waals surface area contributed by atoms with Gasteiger partial charge in [0.05, 0.1) is 0 Å². The lowest BCUT2D eigenvalue weighted by Gasteiger charge is -2.32. The van der Waals surface area contributed by atoms with E-state index in [4.69, 9.17) is 4.74 Å². The summed E-state index contributed by atoms with van der Waals surface area (Å²) in [5.41, 5.74) is 0.448. The summed E-state index contributed by atoms with van der Waals surface area (Å²) in [7, 11) is 0. The van der Waals surface area contributed by atoms with Crippen molar-refractivity contribution in [2.24, 2.45) is 5.41 Å². The zero-order chi connectivity index (χ0) is 11.6. The lowest BCUT2D eigenvalue weighted by Crippen LogP contribution is -2.34. The molecule has 2 nitrogen and oxygen atoms in total. The smallest absolute Gasteiger partial charge is 0.0471 e. The Hall–Kier alpha value is -0.0800. The molecule has 0 aliphatic rings. The highest BCUT2D eigenvalue weighted by molar-refractivity contribution is 4.78. The number of hydrogen-bond acceptors (Lipinski definition) is 2. The Morgan fingerprint density at radius 2 is 1.67 bits per heavy atom. The number of hydrogen-bond donors (Lipinski definition) is 1. The number of nitrogens with one attached hydrogen (secondary N) is 1. The maximum atomic E-state index is 5.59. The molecule has 0 bridgehead atoms. The first kappa shape index (κ1) is 14.9. The van der Waals surface area contributed by atoms with Gasteiger partial charge in [0.15, 0.2) is 0 Å². The molecule has 0 atom stereocenters. The summed E-state index contributed by atoms with van der Waals surface area (Å²) in [5.74, 6) is 0. The predicted molar refractivity (Wildman–Crippen MR) is 67.3 cm³/mol. The Balaban J connectivity index is 3.88. The third-order valence-electron chi connectivity index (χ3n) is 3.38. The maximum Gasteiger partial charge on any atom is 0.0471 e. The summed E-state index contributed by atoms with van der Waals surface area (Å²) in [4.78, 5) is 0. The van der Waals surface area contributed by atoms with E-state index in [-0.39, 0.29) is 0 Å². The molecule has 0 heterocycles. The fraction of sp³-hybridized carbons (Fsp3) is 1.00. The van der Waals surface area contributed by atoms with Crippen molar-refractivity contribution in [3.8, 4) is 0 Å². The van der Waals surface area contributed by atoms with E-state index in [9.17, 15) is 0 Å². The van der Waals surface area contributed by atoms with Gasteiger partial charge in [-0.2, -0.15) is 0 Å². The largest absolute Gasteiger partial charge is 0.381 e. The molecular weight excluding hydrogens is 186 g/mol.